The first-order valence-corrected chi connectivity index (χ1v) is 6.98. The second-order valence-electron chi connectivity index (χ2n) is 4.41. The number of aliphatic carboxylic acids is 1. The summed E-state index contributed by atoms with van der Waals surface area (Å²) in [7, 11) is 0. The molecule has 0 spiro atoms. The zero-order chi connectivity index (χ0) is 13.7. The molecule has 1 aromatic carbocycles. The van der Waals surface area contributed by atoms with Gasteiger partial charge in [-0.1, -0.05) is 37.3 Å². The van der Waals surface area contributed by atoms with Crippen molar-refractivity contribution >= 4 is 22.4 Å². The summed E-state index contributed by atoms with van der Waals surface area (Å²) < 4.78 is 0. The molecular weight excluding hydrogens is 260 g/mol. The molecule has 0 saturated heterocycles. The number of anilines is 1. The van der Waals surface area contributed by atoms with Crippen LogP contribution in [0.5, 0.6) is 0 Å². The monoisotopic (exact) mass is 276 g/mol. The maximum atomic E-state index is 10.6. The summed E-state index contributed by atoms with van der Waals surface area (Å²) in [5.41, 5.74) is 1.88. The highest BCUT2D eigenvalue weighted by molar-refractivity contribution is 7.13. The Kier molecular flexibility index (Phi) is 4.52. The van der Waals surface area contributed by atoms with Crippen molar-refractivity contribution < 1.29 is 9.90 Å². The summed E-state index contributed by atoms with van der Waals surface area (Å²) in [4.78, 5) is 14.8. The van der Waals surface area contributed by atoms with Gasteiger partial charge >= 0.3 is 5.97 Å². The Labute approximate surface area is 116 Å². The van der Waals surface area contributed by atoms with Crippen molar-refractivity contribution in [3.8, 4) is 0 Å². The van der Waals surface area contributed by atoms with E-state index in [9.17, 15) is 4.79 Å². The van der Waals surface area contributed by atoms with Crippen LogP contribution in [0.25, 0.3) is 0 Å². The molecule has 1 unspecified atom stereocenters. The molecule has 2 rings (SSSR count). The van der Waals surface area contributed by atoms with Crippen LogP contribution in [0, 0.1) is 0 Å². The van der Waals surface area contributed by atoms with Crippen LogP contribution >= 0.6 is 11.3 Å². The van der Waals surface area contributed by atoms with Gasteiger partial charge in [-0.2, -0.15) is 0 Å². The first-order chi connectivity index (χ1) is 9.15. The van der Waals surface area contributed by atoms with Gasteiger partial charge in [-0.25, -0.2) is 4.98 Å². The minimum Gasteiger partial charge on any atom is -0.481 e. The van der Waals surface area contributed by atoms with Gasteiger partial charge in [0.05, 0.1) is 12.1 Å². The molecule has 0 amide bonds. The van der Waals surface area contributed by atoms with Gasteiger partial charge in [0.2, 0.25) is 0 Å². The predicted molar refractivity (Wildman–Crippen MR) is 76.8 cm³/mol. The van der Waals surface area contributed by atoms with E-state index in [1.54, 1.807) is 5.38 Å². The maximum Gasteiger partial charge on any atom is 0.309 e. The van der Waals surface area contributed by atoms with Crippen molar-refractivity contribution in [1.82, 2.24) is 4.98 Å². The molecule has 1 atom stereocenters. The minimum atomic E-state index is -0.852. The Morgan fingerprint density at radius 2 is 2.16 bits per heavy atom. The summed E-state index contributed by atoms with van der Waals surface area (Å²) >= 11 is 1.44. The van der Waals surface area contributed by atoms with E-state index in [2.05, 4.69) is 29.4 Å². The number of carboxylic acids is 1. The molecule has 2 aromatic rings. The molecule has 0 bridgehead atoms. The first-order valence-electron chi connectivity index (χ1n) is 6.10. The van der Waals surface area contributed by atoms with Crippen molar-refractivity contribution in [2.45, 2.75) is 19.3 Å². The number of benzene rings is 1. The molecule has 100 valence electrons. The van der Waals surface area contributed by atoms with Gasteiger partial charge < -0.3 is 10.4 Å². The lowest BCUT2D eigenvalue weighted by Gasteiger charge is -2.12. The Hall–Kier alpha value is -1.88. The average molecular weight is 276 g/mol. The zero-order valence-corrected chi connectivity index (χ0v) is 11.5. The lowest BCUT2D eigenvalue weighted by atomic mass is 10.0. The topological polar surface area (TPSA) is 62.2 Å². The summed E-state index contributed by atoms with van der Waals surface area (Å²) in [6.07, 6.45) is -0.0214. The third-order valence-electron chi connectivity index (χ3n) is 2.81. The Bertz CT molecular complexity index is 539. The third kappa shape index (κ3) is 4.06. The van der Waals surface area contributed by atoms with Crippen molar-refractivity contribution in [3.63, 3.8) is 0 Å². The van der Waals surface area contributed by atoms with Crippen LogP contribution in [-0.4, -0.2) is 22.6 Å². The molecule has 0 radical (unpaired) electrons. The molecule has 0 aliphatic rings. The molecule has 0 aliphatic carbocycles. The van der Waals surface area contributed by atoms with Gasteiger partial charge in [-0.3, -0.25) is 4.79 Å². The van der Waals surface area contributed by atoms with Crippen LogP contribution in [-0.2, 0) is 11.2 Å². The Morgan fingerprint density at radius 3 is 2.84 bits per heavy atom. The van der Waals surface area contributed by atoms with E-state index in [1.807, 2.05) is 18.2 Å². The number of carboxylic acid groups (broad SMARTS) is 1. The largest absolute Gasteiger partial charge is 0.481 e. The van der Waals surface area contributed by atoms with Gasteiger partial charge in [0.15, 0.2) is 5.13 Å². The quantitative estimate of drug-likeness (QED) is 0.851. The molecule has 19 heavy (non-hydrogen) atoms. The molecule has 5 heteroatoms. The second-order valence-corrected chi connectivity index (χ2v) is 5.27. The number of carbonyl (C=O) groups is 1. The van der Waals surface area contributed by atoms with Gasteiger partial charge in [-0.05, 0) is 11.5 Å². The molecule has 4 nitrogen and oxygen atoms in total. The molecule has 2 N–H and O–H groups in total. The van der Waals surface area contributed by atoms with Gasteiger partial charge in [0, 0.05) is 11.9 Å². The van der Waals surface area contributed by atoms with E-state index in [0.717, 1.165) is 11.7 Å². The smallest absolute Gasteiger partial charge is 0.309 e. The number of rotatable bonds is 6. The van der Waals surface area contributed by atoms with E-state index in [0.29, 0.717) is 11.6 Å². The summed E-state index contributed by atoms with van der Waals surface area (Å²) in [6, 6.07) is 10.3. The predicted octanol–water partition coefficient (Wildman–Crippen LogP) is 2.99. The van der Waals surface area contributed by atoms with Crippen LogP contribution < -0.4 is 5.32 Å². The van der Waals surface area contributed by atoms with Crippen LogP contribution in [0.3, 0.4) is 0 Å². The number of hydrogen-bond donors (Lipinski definition) is 2. The normalized spacial score (nSPS) is 12.1. The Balaban J connectivity index is 1.88. The van der Waals surface area contributed by atoms with Gasteiger partial charge in [0.25, 0.3) is 0 Å². The molecule has 0 saturated carbocycles. The Morgan fingerprint density at radius 1 is 1.42 bits per heavy atom. The summed E-state index contributed by atoms with van der Waals surface area (Å²) in [5, 5.41) is 14.5. The SMILES string of the molecule is CC(CNc1nc(CC(=O)O)cs1)c1ccccc1. The average Bonchev–Trinajstić information content (AvgIpc) is 2.84. The molecular formula is C14H16N2O2S. The lowest BCUT2D eigenvalue weighted by Crippen LogP contribution is -2.09. The zero-order valence-electron chi connectivity index (χ0n) is 10.7. The lowest BCUT2D eigenvalue weighted by molar-refractivity contribution is -0.136. The van der Waals surface area contributed by atoms with Crippen LogP contribution in [0.1, 0.15) is 24.1 Å². The van der Waals surface area contributed by atoms with Crippen molar-refractivity contribution in [2.24, 2.45) is 0 Å². The highest BCUT2D eigenvalue weighted by Gasteiger charge is 2.08. The number of aromatic nitrogens is 1. The standard InChI is InChI=1S/C14H16N2O2S/c1-10(11-5-3-2-4-6-11)8-15-14-16-12(9-19-14)7-13(17)18/h2-6,9-10H,7-8H2,1H3,(H,15,16)(H,17,18). The van der Waals surface area contributed by atoms with E-state index in [-0.39, 0.29) is 6.42 Å². The van der Waals surface area contributed by atoms with Crippen LogP contribution in [0.2, 0.25) is 0 Å². The maximum absolute atomic E-state index is 10.6. The van der Waals surface area contributed by atoms with Crippen molar-refractivity contribution in [2.75, 3.05) is 11.9 Å². The van der Waals surface area contributed by atoms with E-state index < -0.39 is 5.97 Å². The second kappa shape index (κ2) is 6.33. The third-order valence-corrected chi connectivity index (χ3v) is 3.66. The molecule has 1 aromatic heterocycles. The first kappa shape index (κ1) is 13.5. The molecule has 0 fully saturated rings. The van der Waals surface area contributed by atoms with Crippen LogP contribution in [0.15, 0.2) is 35.7 Å². The summed E-state index contributed by atoms with van der Waals surface area (Å²) in [6.45, 7) is 2.93. The highest BCUT2D eigenvalue weighted by Crippen LogP contribution is 2.19. The van der Waals surface area contributed by atoms with Gasteiger partial charge in [0.1, 0.15) is 0 Å². The fourth-order valence-electron chi connectivity index (χ4n) is 1.76. The van der Waals surface area contributed by atoms with E-state index in [1.165, 1.54) is 16.9 Å². The fraction of sp³-hybridized carbons (Fsp3) is 0.286. The summed E-state index contributed by atoms with van der Waals surface area (Å²) in [5.74, 6) is -0.470. The molecule has 1 heterocycles. The fourth-order valence-corrected chi connectivity index (χ4v) is 2.48. The number of hydrogen-bond acceptors (Lipinski definition) is 4. The number of nitrogens with zero attached hydrogens (tertiary/aromatic N) is 1. The van der Waals surface area contributed by atoms with Crippen LogP contribution in [0.4, 0.5) is 5.13 Å². The van der Waals surface area contributed by atoms with Gasteiger partial charge in [-0.15, -0.1) is 11.3 Å². The van der Waals surface area contributed by atoms with E-state index >= 15 is 0 Å². The molecule has 0 aliphatic heterocycles. The highest BCUT2D eigenvalue weighted by atomic mass is 32.1. The number of nitrogens with one attached hydrogen (secondary N) is 1. The van der Waals surface area contributed by atoms with Crippen molar-refractivity contribution in [3.05, 3.63) is 47.0 Å². The number of thiazole rings is 1. The minimum absolute atomic E-state index is 0.0214. The van der Waals surface area contributed by atoms with E-state index in [4.69, 9.17) is 5.11 Å². The van der Waals surface area contributed by atoms with Crippen molar-refractivity contribution in [1.29, 1.82) is 0 Å².